The number of nitrogens with zero attached hydrogens (tertiary/aromatic N) is 1. The minimum atomic E-state index is -1.12. The lowest BCUT2D eigenvalue weighted by molar-refractivity contribution is -0.138. The second-order valence-corrected chi connectivity index (χ2v) is 12.2. The number of amides is 2. The van der Waals surface area contributed by atoms with E-state index in [0.717, 1.165) is 56.0 Å². The van der Waals surface area contributed by atoms with Crippen molar-refractivity contribution in [3.8, 4) is 0 Å². The standard InChI is InChI=1S/C27H35F2N3O4S/c1-26(2,36)16-32(18-8-6-5-7-9-18)23-13-11-19(37-27(3,4)24(33)34)15-22(23)31-25(35)30-21-12-10-17(28)14-20(21)29/h10-15,18,36H,5-9,16H2,1-4H3,(H,33,34)(H2,30,31,35). The molecular formula is C27H35F2N3O4S. The lowest BCUT2D eigenvalue weighted by Gasteiger charge is -2.40. The maximum absolute atomic E-state index is 14.1. The Labute approximate surface area is 220 Å². The Morgan fingerprint density at radius 3 is 2.24 bits per heavy atom. The molecule has 0 aliphatic heterocycles. The molecule has 4 N–H and O–H groups in total. The van der Waals surface area contributed by atoms with Crippen molar-refractivity contribution < 1.29 is 28.6 Å². The number of hydrogen-bond donors (Lipinski definition) is 4. The number of carbonyl (C=O) groups excluding carboxylic acids is 1. The zero-order valence-corrected chi connectivity index (χ0v) is 22.4. The predicted octanol–water partition coefficient (Wildman–Crippen LogP) is 6.47. The van der Waals surface area contributed by atoms with E-state index in [2.05, 4.69) is 15.5 Å². The van der Waals surface area contributed by atoms with Gasteiger partial charge in [0.2, 0.25) is 0 Å². The van der Waals surface area contributed by atoms with E-state index in [1.54, 1.807) is 39.8 Å². The molecule has 7 nitrogen and oxygen atoms in total. The largest absolute Gasteiger partial charge is 0.480 e. The molecule has 0 atom stereocenters. The summed E-state index contributed by atoms with van der Waals surface area (Å²) in [5.74, 6) is -2.65. The summed E-state index contributed by atoms with van der Waals surface area (Å²) in [4.78, 5) is 27.3. The number of urea groups is 1. The molecule has 0 unspecified atom stereocenters. The summed E-state index contributed by atoms with van der Waals surface area (Å²) in [6, 6.07) is 7.57. The van der Waals surface area contributed by atoms with Gasteiger partial charge in [-0.2, -0.15) is 0 Å². The van der Waals surface area contributed by atoms with Crippen molar-refractivity contribution in [2.24, 2.45) is 0 Å². The lowest BCUT2D eigenvalue weighted by Crippen LogP contribution is -2.46. The summed E-state index contributed by atoms with van der Waals surface area (Å²) in [6.45, 7) is 6.94. The first-order valence-corrected chi connectivity index (χ1v) is 13.2. The van der Waals surface area contributed by atoms with Gasteiger partial charge in [-0.15, -0.1) is 11.8 Å². The number of thioether (sulfide) groups is 1. The van der Waals surface area contributed by atoms with Gasteiger partial charge in [-0.1, -0.05) is 19.3 Å². The second-order valence-electron chi connectivity index (χ2n) is 10.5. The Morgan fingerprint density at radius 1 is 1.00 bits per heavy atom. The summed E-state index contributed by atoms with van der Waals surface area (Å²) >= 11 is 1.13. The minimum absolute atomic E-state index is 0.146. The molecule has 1 aliphatic carbocycles. The molecular weight excluding hydrogens is 500 g/mol. The Bertz CT molecular complexity index is 1130. The summed E-state index contributed by atoms with van der Waals surface area (Å²) in [6.07, 6.45) is 5.13. The first-order valence-electron chi connectivity index (χ1n) is 12.3. The Hall–Kier alpha value is -2.85. The number of nitrogens with one attached hydrogen (secondary N) is 2. The van der Waals surface area contributed by atoms with Crippen LogP contribution in [0.5, 0.6) is 0 Å². The molecule has 1 saturated carbocycles. The average molecular weight is 536 g/mol. The molecule has 0 spiro atoms. The van der Waals surface area contributed by atoms with E-state index in [4.69, 9.17) is 0 Å². The van der Waals surface area contributed by atoms with Gasteiger partial charge in [0, 0.05) is 23.5 Å². The van der Waals surface area contributed by atoms with E-state index >= 15 is 0 Å². The van der Waals surface area contributed by atoms with Crippen LogP contribution in [0.3, 0.4) is 0 Å². The van der Waals surface area contributed by atoms with E-state index in [1.807, 2.05) is 6.07 Å². The van der Waals surface area contributed by atoms with Crippen molar-refractivity contribution in [3.05, 3.63) is 48.0 Å². The Morgan fingerprint density at radius 2 is 1.65 bits per heavy atom. The number of aliphatic hydroxyl groups is 1. The van der Waals surface area contributed by atoms with Crippen LogP contribution in [0.25, 0.3) is 0 Å². The molecule has 2 amide bonds. The minimum Gasteiger partial charge on any atom is -0.480 e. The maximum atomic E-state index is 14.1. The van der Waals surface area contributed by atoms with Gasteiger partial charge in [0.15, 0.2) is 0 Å². The molecule has 10 heteroatoms. The highest BCUT2D eigenvalue weighted by Crippen LogP contribution is 2.39. The number of carboxylic acids is 1. The normalized spacial score (nSPS) is 14.8. The van der Waals surface area contributed by atoms with Crippen molar-refractivity contribution in [1.29, 1.82) is 0 Å². The van der Waals surface area contributed by atoms with Crippen LogP contribution in [0.1, 0.15) is 59.8 Å². The number of rotatable bonds is 9. The van der Waals surface area contributed by atoms with Gasteiger partial charge in [-0.3, -0.25) is 4.79 Å². The number of carbonyl (C=O) groups is 2. The van der Waals surface area contributed by atoms with Crippen molar-refractivity contribution in [3.63, 3.8) is 0 Å². The highest BCUT2D eigenvalue weighted by Gasteiger charge is 2.31. The zero-order chi connectivity index (χ0) is 27.4. The number of anilines is 3. The molecule has 2 aromatic rings. The number of benzene rings is 2. The summed E-state index contributed by atoms with van der Waals surface area (Å²) < 4.78 is 26.3. The third-order valence-electron chi connectivity index (χ3n) is 6.17. The molecule has 0 bridgehead atoms. The second kappa shape index (κ2) is 11.7. The number of carboxylic acid groups (broad SMARTS) is 1. The van der Waals surface area contributed by atoms with Gasteiger partial charge >= 0.3 is 12.0 Å². The Balaban J connectivity index is 1.99. The third-order valence-corrected chi connectivity index (χ3v) is 7.34. The number of aliphatic carboxylic acids is 1. The van der Waals surface area contributed by atoms with Gasteiger partial charge in [0.05, 0.1) is 22.7 Å². The van der Waals surface area contributed by atoms with Crippen LogP contribution in [-0.4, -0.2) is 45.1 Å². The van der Waals surface area contributed by atoms with Crippen LogP contribution in [0, 0.1) is 11.6 Å². The summed E-state index contributed by atoms with van der Waals surface area (Å²) in [5, 5.41) is 25.4. The van der Waals surface area contributed by atoms with E-state index in [1.165, 1.54) is 0 Å². The average Bonchev–Trinajstić information content (AvgIpc) is 2.79. The fraction of sp³-hybridized carbons (Fsp3) is 0.481. The predicted molar refractivity (Wildman–Crippen MR) is 144 cm³/mol. The van der Waals surface area contributed by atoms with Crippen LogP contribution in [0.2, 0.25) is 0 Å². The van der Waals surface area contributed by atoms with E-state index in [-0.39, 0.29) is 11.7 Å². The van der Waals surface area contributed by atoms with Gasteiger partial charge in [0.25, 0.3) is 0 Å². The molecule has 3 rings (SSSR count). The number of hydrogen-bond acceptors (Lipinski definition) is 5. The molecule has 202 valence electrons. The van der Waals surface area contributed by atoms with Crippen LogP contribution in [0.15, 0.2) is 41.3 Å². The molecule has 2 aromatic carbocycles. The van der Waals surface area contributed by atoms with Gasteiger partial charge in [-0.05, 0) is 70.9 Å². The molecule has 0 aromatic heterocycles. The van der Waals surface area contributed by atoms with Crippen LogP contribution in [0.4, 0.5) is 30.6 Å². The highest BCUT2D eigenvalue weighted by atomic mass is 32.2. The maximum Gasteiger partial charge on any atom is 0.323 e. The molecule has 0 heterocycles. The first-order chi connectivity index (χ1) is 17.2. The molecule has 1 fully saturated rings. The topological polar surface area (TPSA) is 102 Å². The molecule has 0 radical (unpaired) electrons. The van der Waals surface area contributed by atoms with Gasteiger partial charge < -0.3 is 25.7 Å². The molecule has 1 aliphatic rings. The van der Waals surface area contributed by atoms with Crippen LogP contribution in [-0.2, 0) is 4.79 Å². The molecule has 37 heavy (non-hydrogen) atoms. The van der Waals surface area contributed by atoms with E-state index < -0.39 is 34.0 Å². The highest BCUT2D eigenvalue weighted by molar-refractivity contribution is 8.01. The smallest absolute Gasteiger partial charge is 0.323 e. The zero-order valence-electron chi connectivity index (χ0n) is 21.6. The van der Waals surface area contributed by atoms with Crippen molar-refractivity contribution in [1.82, 2.24) is 0 Å². The Kier molecular flexibility index (Phi) is 9.07. The summed E-state index contributed by atoms with van der Waals surface area (Å²) in [5.41, 5.74) is -0.145. The fourth-order valence-corrected chi connectivity index (χ4v) is 5.34. The van der Waals surface area contributed by atoms with Crippen molar-refractivity contribution >= 4 is 40.8 Å². The third kappa shape index (κ3) is 8.07. The first kappa shape index (κ1) is 28.7. The van der Waals surface area contributed by atoms with Crippen LogP contribution >= 0.6 is 11.8 Å². The number of halogens is 2. The molecule has 0 saturated heterocycles. The van der Waals surface area contributed by atoms with E-state index in [0.29, 0.717) is 28.9 Å². The van der Waals surface area contributed by atoms with Crippen LogP contribution < -0.4 is 15.5 Å². The van der Waals surface area contributed by atoms with Gasteiger partial charge in [0.1, 0.15) is 16.4 Å². The lowest BCUT2D eigenvalue weighted by atomic mass is 9.92. The summed E-state index contributed by atoms with van der Waals surface area (Å²) in [7, 11) is 0. The monoisotopic (exact) mass is 535 g/mol. The quantitative estimate of drug-likeness (QED) is 0.274. The van der Waals surface area contributed by atoms with E-state index in [9.17, 15) is 28.6 Å². The fourth-order valence-electron chi connectivity index (χ4n) is 4.35. The SMILES string of the molecule is CC(C)(O)CN(c1ccc(SC(C)(C)C(=O)O)cc1NC(=O)Nc1ccc(F)cc1F)C1CCCCC1. The van der Waals surface area contributed by atoms with Crippen molar-refractivity contribution in [2.75, 3.05) is 22.1 Å². The van der Waals surface area contributed by atoms with Gasteiger partial charge in [-0.25, -0.2) is 13.6 Å². The van der Waals surface area contributed by atoms with Crippen molar-refractivity contribution in [2.45, 2.75) is 81.1 Å².